The van der Waals surface area contributed by atoms with E-state index in [0.29, 0.717) is 6.04 Å². The molecule has 1 aliphatic rings. The molecule has 0 N–H and O–H groups in total. The first-order valence-corrected chi connectivity index (χ1v) is 3.93. The van der Waals surface area contributed by atoms with Crippen molar-refractivity contribution >= 4 is 5.91 Å². The summed E-state index contributed by atoms with van der Waals surface area (Å²) < 4.78 is 0. The molecule has 0 radical (unpaired) electrons. The number of amides is 1. The predicted molar refractivity (Wildman–Crippen MR) is 48.3 cm³/mol. The van der Waals surface area contributed by atoms with Gasteiger partial charge in [0.15, 0.2) is 0 Å². The quantitative estimate of drug-likeness (QED) is 0.575. The van der Waals surface area contributed by atoms with E-state index in [1.807, 2.05) is 26.2 Å². The number of nitrogens with zero attached hydrogens (tertiary/aromatic N) is 2. The zero-order chi connectivity index (χ0) is 9.14. The van der Waals surface area contributed by atoms with Crippen molar-refractivity contribution in [3.63, 3.8) is 0 Å². The fourth-order valence-electron chi connectivity index (χ4n) is 1.03. The van der Waals surface area contributed by atoms with Gasteiger partial charge in [-0.15, -0.1) is 0 Å². The summed E-state index contributed by atoms with van der Waals surface area (Å²) >= 11 is 0. The second-order valence-electron chi connectivity index (χ2n) is 3.06. The molecule has 0 aromatic carbocycles. The Labute approximate surface area is 73.0 Å². The maximum absolute atomic E-state index is 10.9. The SMILES string of the molecule is CC(=O)N1C=CC(N(C)C)C=C1. The molecule has 1 amide bonds. The Morgan fingerprint density at radius 1 is 1.33 bits per heavy atom. The van der Waals surface area contributed by atoms with Crippen molar-refractivity contribution in [1.29, 1.82) is 0 Å². The summed E-state index contributed by atoms with van der Waals surface area (Å²) in [5, 5.41) is 0. The number of rotatable bonds is 1. The fraction of sp³-hybridized carbons (Fsp3) is 0.444. The van der Waals surface area contributed by atoms with Crippen LogP contribution in [0.3, 0.4) is 0 Å². The number of likely N-dealkylation sites (N-methyl/N-ethyl adjacent to an activating group) is 1. The van der Waals surface area contributed by atoms with Gasteiger partial charge in [-0.25, -0.2) is 0 Å². The number of carbonyl (C=O) groups is 1. The predicted octanol–water partition coefficient (Wildman–Crippen LogP) is 0.806. The zero-order valence-electron chi connectivity index (χ0n) is 7.69. The molecule has 0 aromatic heterocycles. The van der Waals surface area contributed by atoms with E-state index in [2.05, 4.69) is 4.90 Å². The highest BCUT2D eigenvalue weighted by Crippen LogP contribution is 2.07. The van der Waals surface area contributed by atoms with Crippen LogP contribution in [0.5, 0.6) is 0 Å². The summed E-state index contributed by atoms with van der Waals surface area (Å²) in [6.07, 6.45) is 7.57. The van der Waals surface area contributed by atoms with Gasteiger partial charge in [0, 0.05) is 25.4 Å². The van der Waals surface area contributed by atoms with Crippen LogP contribution in [0.15, 0.2) is 24.6 Å². The highest BCUT2D eigenvalue weighted by atomic mass is 16.2. The summed E-state index contributed by atoms with van der Waals surface area (Å²) in [6.45, 7) is 1.55. The van der Waals surface area contributed by atoms with Crippen molar-refractivity contribution in [3.8, 4) is 0 Å². The van der Waals surface area contributed by atoms with E-state index >= 15 is 0 Å². The van der Waals surface area contributed by atoms with Gasteiger partial charge in [0.05, 0.1) is 0 Å². The topological polar surface area (TPSA) is 23.6 Å². The molecule has 0 spiro atoms. The maximum Gasteiger partial charge on any atom is 0.227 e. The summed E-state index contributed by atoms with van der Waals surface area (Å²) in [5.74, 6) is 0.0414. The molecule has 3 heteroatoms. The number of hydrogen-bond acceptors (Lipinski definition) is 2. The minimum atomic E-state index is 0.0414. The third kappa shape index (κ3) is 1.95. The van der Waals surface area contributed by atoms with Gasteiger partial charge in [-0.2, -0.15) is 0 Å². The van der Waals surface area contributed by atoms with Gasteiger partial charge in [-0.05, 0) is 26.2 Å². The minimum Gasteiger partial charge on any atom is -0.299 e. The van der Waals surface area contributed by atoms with Gasteiger partial charge in [0.25, 0.3) is 0 Å². The van der Waals surface area contributed by atoms with Gasteiger partial charge in [-0.1, -0.05) is 0 Å². The lowest BCUT2D eigenvalue weighted by molar-refractivity contribution is -0.124. The average Bonchev–Trinajstić information content (AvgIpc) is 2.04. The van der Waals surface area contributed by atoms with E-state index in [0.717, 1.165) is 0 Å². The Balaban J connectivity index is 2.60. The number of carbonyl (C=O) groups excluding carboxylic acids is 1. The molecule has 0 fully saturated rings. The van der Waals surface area contributed by atoms with Gasteiger partial charge in [0.1, 0.15) is 0 Å². The highest BCUT2D eigenvalue weighted by Gasteiger charge is 2.10. The first-order valence-electron chi connectivity index (χ1n) is 3.93. The van der Waals surface area contributed by atoms with Crippen molar-refractivity contribution in [2.24, 2.45) is 0 Å². The van der Waals surface area contributed by atoms with Crippen LogP contribution in [-0.4, -0.2) is 35.8 Å². The van der Waals surface area contributed by atoms with E-state index in [9.17, 15) is 4.79 Å². The lowest BCUT2D eigenvalue weighted by atomic mass is 10.2. The summed E-state index contributed by atoms with van der Waals surface area (Å²) in [6, 6.07) is 0.306. The summed E-state index contributed by atoms with van der Waals surface area (Å²) in [7, 11) is 4.01. The van der Waals surface area contributed by atoms with Gasteiger partial charge < -0.3 is 0 Å². The van der Waals surface area contributed by atoms with E-state index in [1.54, 1.807) is 24.2 Å². The lowest BCUT2D eigenvalue weighted by Gasteiger charge is -2.23. The molecule has 0 saturated heterocycles. The molecule has 0 aliphatic carbocycles. The van der Waals surface area contributed by atoms with Crippen LogP contribution in [0.25, 0.3) is 0 Å². The molecule has 66 valence electrons. The van der Waals surface area contributed by atoms with Crippen LogP contribution in [0.1, 0.15) is 6.92 Å². The van der Waals surface area contributed by atoms with E-state index in [-0.39, 0.29) is 5.91 Å². The van der Waals surface area contributed by atoms with Crippen molar-refractivity contribution < 1.29 is 4.79 Å². The average molecular weight is 166 g/mol. The third-order valence-electron chi connectivity index (χ3n) is 1.85. The Morgan fingerprint density at radius 2 is 1.83 bits per heavy atom. The highest BCUT2D eigenvalue weighted by molar-refractivity contribution is 5.75. The molecule has 0 saturated carbocycles. The van der Waals surface area contributed by atoms with Gasteiger partial charge in [0.2, 0.25) is 5.91 Å². The normalized spacial score (nSPS) is 17.5. The smallest absolute Gasteiger partial charge is 0.227 e. The monoisotopic (exact) mass is 166 g/mol. The number of hydrogen-bond donors (Lipinski definition) is 0. The molecular formula is C9H14N2O. The molecule has 1 heterocycles. The molecule has 1 aliphatic heterocycles. The molecule has 0 atom stereocenters. The fourth-order valence-corrected chi connectivity index (χ4v) is 1.03. The van der Waals surface area contributed by atoms with Crippen molar-refractivity contribution in [2.75, 3.05) is 14.1 Å². The summed E-state index contributed by atoms with van der Waals surface area (Å²) in [5.41, 5.74) is 0. The van der Waals surface area contributed by atoms with Crippen LogP contribution < -0.4 is 0 Å². The second kappa shape index (κ2) is 3.54. The third-order valence-corrected chi connectivity index (χ3v) is 1.85. The van der Waals surface area contributed by atoms with Crippen LogP contribution in [0.4, 0.5) is 0 Å². The Kier molecular flexibility index (Phi) is 2.65. The van der Waals surface area contributed by atoms with E-state index in [4.69, 9.17) is 0 Å². The Bertz CT molecular complexity index is 217. The van der Waals surface area contributed by atoms with Crippen molar-refractivity contribution in [2.45, 2.75) is 13.0 Å². The van der Waals surface area contributed by atoms with E-state index < -0.39 is 0 Å². The van der Waals surface area contributed by atoms with Gasteiger partial charge >= 0.3 is 0 Å². The second-order valence-corrected chi connectivity index (χ2v) is 3.06. The molecule has 1 rings (SSSR count). The first kappa shape index (κ1) is 9.00. The Hall–Kier alpha value is -1.09. The molecule has 3 nitrogen and oxygen atoms in total. The standard InChI is InChI=1S/C9H14N2O/c1-8(12)11-6-4-9(5-7-11)10(2)3/h4-7,9H,1-3H3. The van der Waals surface area contributed by atoms with Gasteiger partial charge in [-0.3, -0.25) is 14.6 Å². The van der Waals surface area contributed by atoms with E-state index in [1.165, 1.54) is 0 Å². The Morgan fingerprint density at radius 3 is 2.17 bits per heavy atom. The first-order chi connectivity index (χ1) is 5.61. The molecular weight excluding hydrogens is 152 g/mol. The molecule has 0 aromatic rings. The summed E-state index contributed by atoms with van der Waals surface area (Å²) in [4.78, 5) is 14.5. The van der Waals surface area contributed by atoms with Crippen LogP contribution in [-0.2, 0) is 4.79 Å². The lowest BCUT2D eigenvalue weighted by Crippen LogP contribution is -2.29. The van der Waals surface area contributed by atoms with Crippen LogP contribution in [0.2, 0.25) is 0 Å². The van der Waals surface area contributed by atoms with Crippen LogP contribution >= 0.6 is 0 Å². The molecule has 0 unspecified atom stereocenters. The largest absolute Gasteiger partial charge is 0.299 e. The molecule has 12 heavy (non-hydrogen) atoms. The van der Waals surface area contributed by atoms with Crippen LogP contribution in [0, 0.1) is 0 Å². The van der Waals surface area contributed by atoms with Crippen molar-refractivity contribution in [3.05, 3.63) is 24.6 Å². The minimum absolute atomic E-state index is 0.0414. The van der Waals surface area contributed by atoms with Crippen molar-refractivity contribution in [1.82, 2.24) is 9.80 Å². The zero-order valence-corrected chi connectivity index (χ0v) is 7.69. The molecule has 0 bridgehead atoms. The maximum atomic E-state index is 10.9.